The number of hydrogen-bond donors (Lipinski definition) is 4. The topological polar surface area (TPSA) is 131 Å². The molecule has 37 heavy (non-hydrogen) atoms. The molecule has 0 unspecified atom stereocenters. The molecule has 1 aliphatic heterocycles. The highest BCUT2D eigenvalue weighted by Gasteiger charge is 2.26. The van der Waals surface area contributed by atoms with E-state index in [0.717, 1.165) is 35.4 Å². The van der Waals surface area contributed by atoms with Crippen LogP contribution in [0.1, 0.15) is 52.2 Å². The number of ether oxygens (including phenoxy) is 2. The second kappa shape index (κ2) is 11.2. The number of aliphatic hydroxyl groups is 1. The van der Waals surface area contributed by atoms with Crippen molar-refractivity contribution in [3.8, 4) is 11.6 Å². The van der Waals surface area contributed by atoms with E-state index in [2.05, 4.69) is 25.9 Å². The molecule has 0 bridgehead atoms. The minimum Gasteiger partial charge on any atom is -0.486 e. The predicted octanol–water partition coefficient (Wildman–Crippen LogP) is 2.74. The molecule has 0 radical (unpaired) electrons. The van der Waals surface area contributed by atoms with Gasteiger partial charge in [0.1, 0.15) is 18.2 Å². The third-order valence-electron chi connectivity index (χ3n) is 7.05. The van der Waals surface area contributed by atoms with Gasteiger partial charge in [0.2, 0.25) is 5.88 Å². The Hall–Kier alpha value is -3.63. The number of nitrogens with one attached hydrogen (secondary N) is 3. The zero-order valence-electron chi connectivity index (χ0n) is 21.1. The molecule has 1 saturated carbocycles. The largest absolute Gasteiger partial charge is 0.486 e. The number of amides is 1. The lowest BCUT2D eigenvalue weighted by Gasteiger charge is -2.30. The lowest BCUT2D eigenvalue weighted by atomic mass is 9.92. The highest BCUT2D eigenvalue weighted by atomic mass is 16.5. The van der Waals surface area contributed by atoms with E-state index in [1.807, 2.05) is 25.1 Å². The van der Waals surface area contributed by atoms with E-state index in [-0.39, 0.29) is 18.5 Å². The van der Waals surface area contributed by atoms with E-state index in [4.69, 9.17) is 13.9 Å². The fourth-order valence-corrected chi connectivity index (χ4v) is 4.51. The van der Waals surface area contributed by atoms with E-state index < -0.39 is 6.10 Å². The maximum atomic E-state index is 12.8. The lowest BCUT2D eigenvalue weighted by Crippen LogP contribution is -2.49. The average Bonchev–Trinajstić information content (AvgIpc) is 3.31. The number of aryl methyl sites for hydroxylation is 1. The number of hydrogen-bond acceptors (Lipinski definition) is 9. The van der Waals surface area contributed by atoms with Crippen LogP contribution in [0.25, 0.3) is 0 Å². The number of pyridine rings is 1. The molecule has 196 valence electrons. The van der Waals surface area contributed by atoms with Gasteiger partial charge in [0.05, 0.1) is 18.9 Å². The fraction of sp³-hybridized carbons (Fsp3) is 0.444. The highest BCUT2D eigenvalue weighted by Crippen LogP contribution is 2.26. The van der Waals surface area contributed by atoms with Crippen molar-refractivity contribution in [1.82, 2.24) is 20.6 Å². The lowest BCUT2D eigenvalue weighted by molar-refractivity contribution is 0.0869. The van der Waals surface area contributed by atoms with E-state index in [1.54, 1.807) is 12.1 Å². The van der Waals surface area contributed by atoms with Gasteiger partial charge >= 0.3 is 0 Å². The number of aromatic nitrogens is 2. The van der Waals surface area contributed by atoms with Gasteiger partial charge in [-0.05, 0) is 61.9 Å². The Morgan fingerprint density at radius 1 is 1.27 bits per heavy atom. The number of anilines is 1. The Labute approximate surface area is 215 Å². The maximum absolute atomic E-state index is 12.8. The molecule has 0 spiro atoms. The molecule has 10 nitrogen and oxygen atoms in total. The van der Waals surface area contributed by atoms with Gasteiger partial charge in [-0.2, -0.15) is 4.98 Å². The van der Waals surface area contributed by atoms with Crippen LogP contribution < -0.4 is 25.4 Å². The van der Waals surface area contributed by atoms with Gasteiger partial charge in [-0.25, -0.2) is 4.98 Å². The molecular formula is C27H33N5O5. The molecular weight excluding hydrogens is 474 g/mol. The van der Waals surface area contributed by atoms with E-state index in [9.17, 15) is 9.90 Å². The Kier molecular flexibility index (Phi) is 7.57. The number of fused-ring (bicyclic) bond motifs is 1. The molecule has 1 amide bonds. The van der Waals surface area contributed by atoms with Crippen molar-refractivity contribution < 1.29 is 23.8 Å². The van der Waals surface area contributed by atoms with Gasteiger partial charge in [-0.3, -0.25) is 4.79 Å². The summed E-state index contributed by atoms with van der Waals surface area (Å²) in [5, 5.41) is 20.4. The van der Waals surface area contributed by atoms with Crippen molar-refractivity contribution in [2.45, 2.75) is 63.9 Å². The molecule has 2 aliphatic rings. The molecule has 3 aromatic rings. The number of carbonyl (C=O) groups excluding carboxylic acids is 1. The molecule has 0 saturated heterocycles. The molecule has 3 heterocycles. The third kappa shape index (κ3) is 6.03. The maximum Gasteiger partial charge on any atom is 0.251 e. The number of oxazole rings is 1. The predicted molar refractivity (Wildman–Crippen MR) is 137 cm³/mol. The summed E-state index contributed by atoms with van der Waals surface area (Å²) in [7, 11) is 1.53. The molecule has 1 aromatic carbocycles. The molecule has 5 rings (SSSR count). The summed E-state index contributed by atoms with van der Waals surface area (Å²) >= 11 is 0. The van der Waals surface area contributed by atoms with Crippen LogP contribution in [0.5, 0.6) is 11.6 Å². The second-order valence-corrected chi connectivity index (χ2v) is 9.60. The summed E-state index contributed by atoms with van der Waals surface area (Å²) in [4.78, 5) is 21.3. The molecule has 2 atom stereocenters. The number of rotatable bonds is 10. The highest BCUT2D eigenvalue weighted by molar-refractivity contribution is 5.95. The average molecular weight is 508 g/mol. The van der Waals surface area contributed by atoms with Crippen LogP contribution in [-0.4, -0.2) is 52.8 Å². The summed E-state index contributed by atoms with van der Waals surface area (Å²) in [5.41, 5.74) is 3.52. The summed E-state index contributed by atoms with van der Waals surface area (Å²) in [6.45, 7) is 2.92. The van der Waals surface area contributed by atoms with Crippen molar-refractivity contribution >= 4 is 11.7 Å². The number of carbonyl (C=O) groups is 1. The van der Waals surface area contributed by atoms with Crippen molar-refractivity contribution in [2.75, 3.05) is 19.0 Å². The smallest absolute Gasteiger partial charge is 0.251 e. The van der Waals surface area contributed by atoms with Gasteiger partial charge < -0.3 is 34.9 Å². The van der Waals surface area contributed by atoms with E-state index >= 15 is 0 Å². The van der Waals surface area contributed by atoms with E-state index in [1.165, 1.54) is 19.9 Å². The molecule has 1 fully saturated rings. The summed E-state index contributed by atoms with van der Waals surface area (Å²) < 4.78 is 16.5. The zero-order chi connectivity index (χ0) is 25.8. The minimum atomic E-state index is -0.751. The van der Waals surface area contributed by atoms with Crippen molar-refractivity contribution in [2.24, 2.45) is 0 Å². The Bertz CT molecular complexity index is 1240. The van der Waals surface area contributed by atoms with Crippen LogP contribution in [0, 0.1) is 6.92 Å². The number of aliphatic hydroxyl groups excluding tert-OH is 1. The monoisotopic (exact) mass is 507 g/mol. The Balaban J connectivity index is 1.14. The van der Waals surface area contributed by atoms with Crippen molar-refractivity contribution in [3.63, 3.8) is 0 Å². The summed E-state index contributed by atoms with van der Waals surface area (Å²) in [5.74, 6) is 2.18. The van der Waals surface area contributed by atoms with Crippen LogP contribution in [0.3, 0.4) is 0 Å². The van der Waals surface area contributed by atoms with Crippen LogP contribution >= 0.6 is 0 Å². The van der Waals surface area contributed by atoms with Gasteiger partial charge in [-0.1, -0.05) is 6.07 Å². The van der Waals surface area contributed by atoms with Crippen LogP contribution in [-0.2, 0) is 19.6 Å². The summed E-state index contributed by atoms with van der Waals surface area (Å²) in [6.07, 6.45) is 4.70. The minimum absolute atomic E-state index is 0.125. The first-order valence-corrected chi connectivity index (χ1v) is 12.6. The van der Waals surface area contributed by atoms with Crippen molar-refractivity contribution in [3.05, 3.63) is 64.9 Å². The standard InChI is InChI=1S/C27H33N5O5/c1-16-24(37-15-30-16)14-36-21-7-6-17-9-22(28-12-19(17)8-21)23(33)13-29-27(34)18-10-25(31-20-4-3-5-20)32-26(11-18)35-2/h6-8,10-11,15,20,22-23,28,33H,3-5,9,12-14H2,1-2H3,(H,29,34)(H,31,32)/t22-,23+/m0/s1. The first kappa shape index (κ1) is 25.0. The van der Waals surface area contributed by atoms with Gasteiger partial charge in [0.25, 0.3) is 5.91 Å². The van der Waals surface area contributed by atoms with Gasteiger partial charge in [-0.15, -0.1) is 0 Å². The number of nitrogens with zero attached hydrogens (tertiary/aromatic N) is 2. The molecule has 1 aliphatic carbocycles. The zero-order valence-corrected chi connectivity index (χ0v) is 21.1. The quantitative estimate of drug-likeness (QED) is 0.327. The Morgan fingerprint density at radius 3 is 2.86 bits per heavy atom. The first-order valence-electron chi connectivity index (χ1n) is 12.6. The van der Waals surface area contributed by atoms with Crippen LogP contribution in [0.2, 0.25) is 0 Å². The van der Waals surface area contributed by atoms with Crippen LogP contribution in [0.15, 0.2) is 41.1 Å². The molecule has 10 heteroatoms. The Morgan fingerprint density at radius 2 is 2.14 bits per heavy atom. The van der Waals surface area contributed by atoms with Crippen LogP contribution in [0.4, 0.5) is 5.82 Å². The van der Waals surface area contributed by atoms with Gasteiger partial charge in [0, 0.05) is 36.8 Å². The molecule has 2 aromatic heterocycles. The second-order valence-electron chi connectivity index (χ2n) is 9.60. The number of benzene rings is 1. The SMILES string of the molecule is COc1cc(C(=O)NC[C@@H](O)[C@@H]2Cc3ccc(OCc4ocnc4C)cc3CN2)cc(NC2CCC2)n1. The normalized spacial score (nSPS) is 17.9. The molecule has 4 N–H and O–H groups in total. The first-order chi connectivity index (χ1) is 18.0. The number of methoxy groups -OCH3 is 1. The van der Waals surface area contributed by atoms with Gasteiger partial charge in [0.15, 0.2) is 12.2 Å². The third-order valence-corrected chi connectivity index (χ3v) is 7.05. The summed E-state index contributed by atoms with van der Waals surface area (Å²) in [6, 6.07) is 9.48. The van der Waals surface area contributed by atoms with E-state index in [0.29, 0.717) is 48.6 Å². The fourth-order valence-electron chi connectivity index (χ4n) is 4.51. The van der Waals surface area contributed by atoms with Crippen molar-refractivity contribution in [1.29, 1.82) is 0 Å².